The fourth-order valence-electron chi connectivity index (χ4n) is 1.27. The highest BCUT2D eigenvalue weighted by Crippen LogP contribution is 2.25. The zero-order valence-corrected chi connectivity index (χ0v) is 7.82. The summed E-state index contributed by atoms with van der Waals surface area (Å²) in [4.78, 5) is 14.8. The Morgan fingerprint density at radius 3 is 2.86 bits per heavy atom. The summed E-state index contributed by atoms with van der Waals surface area (Å²) < 4.78 is 0. The molecule has 0 aliphatic rings. The van der Waals surface area contributed by atoms with Gasteiger partial charge < -0.3 is 5.11 Å². The number of pyridine rings is 1. The molecule has 0 spiro atoms. The summed E-state index contributed by atoms with van der Waals surface area (Å²) in [6, 6.07) is 6.78. The van der Waals surface area contributed by atoms with Crippen LogP contribution in [0.1, 0.15) is 10.4 Å². The lowest BCUT2D eigenvalue weighted by Crippen LogP contribution is -1.97. The Morgan fingerprint density at radius 1 is 1.36 bits per heavy atom. The molecule has 0 saturated heterocycles. The maximum Gasteiger partial charge on any atom is 0.337 e. The van der Waals surface area contributed by atoms with Gasteiger partial charge in [0.15, 0.2) is 0 Å². The molecule has 2 aromatic rings. The van der Waals surface area contributed by atoms with Crippen LogP contribution in [0.3, 0.4) is 0 Å². The van der Waals surface area contributed by atoms with E-state index < -0.39 is 5.97 Å². The highest BCUT2D eigenvalue weighted by atomic mass is 35.5. The van der Waals surface area contributed by atoms with Crippen molar-refractivity contribution in [3.05, 3.63) is 41.0 Å². The van der Waals surface area contributed by atoms with Crippen molar-refractivity contribution < 1.29 is 9.90 Å². The molecular weight excluding hydrogens is 202 g/mol. The number of nitrogens with zero attached hydrogens (tertiary/aromatic N) is 1. The lowest BCUT2D eigenvalue weighted by Gasteiger charge is -2.02. The van der Waals surface area contributed by atoms with Crippen molar-refractivity contribution in [3.63, 3.8) is 0 Å². The van der Waals surface area contributed by atoms with Crippen molar-refractivity contribution in [1.82, 2.24) is 4.98 Å². The molecule has 70 valence electrons. The highest BCUT2D eigenvalue weighted by Gasteiger charge is 2.11. The molecule has 0 fully saturated rings. The molecule has 0 saturated carbocycles. The molecule has 0 aliphatic heterocycles. The Kier molecular flexibility index (Phi) is 2.09. The molecule has 1 aromatic carbocycles. The lowest BCUT2D eigenvalue weighted by molar-refractivity contribution is 0.0697. The Labute approximate surface area is 85.0 Å². The van der Waals surface area contributed by atoms with Gasteiger partial charge >= 0.3 is 5.97 Å². The fourth-order valence-corrected chi connectivity index (χ4v) is 1.58. The Morgan fingerprint density at radius 2 is 2.14 bits per heavy atom. The number of carbonyl (C=O) groups is 1. The summed E-state index contributed by atoms with van der Waals surface area (Å²) >= 11 is 5.89. The molecule has 14 heavy (non-hydrogen) atoms. The van der Waals surface area contributed by atoms with Gasteiger partial charge in [0.1, 0.15) is 0 Å². The summed E-state index contributed by atoms with van der Waals surface area (Å²) in [6.45, 7) is 0. The second-order valence-electron chi connectivity index (χ2n) is 2.81. The third-order valence-corrected chi connectivity index (χ3v) is 2.33. The standard InChI is InChI=1S/C10H6ClNO2/c11-8-7(10(13)14)4-3-6-2-1-5-12-9(6)8/h1-5H,(H,13,14). The number of carboxylic acids is 1. The number of rotatable bonds is 1. The van der Waals surface area contributed by atoms with Gasteiger partial charge in [-0.2, -0.15) is 0 Å². The fraction of sp³-hybridized carbons (Fsp3) is 0. The predicted octanol–water partition coefficient (Wildman–Crippen LogP) is 2.59. The zero-order valence-electron chi connectivity index (χ0n) is 7.07. The van der Waals surface area contributed by atoms with Gasteiger partial charge in [0.2, 0.25) is 0 Å². The van der Waals surface area contributed by atoms with Crippen molar-refractivity contribution in [2.45, 2.75) is 0 Å². The third-order valence-electron chi connectivity index (χ3n) is 1.94. The number of hydrogen-bond donors (Lipinski definition) is 1. The van der Waals surface area contributed by atoms with Gasteiger partial charge in [0, 0.05) is 11.6 Å². The molecule has 0 radical (unpaired) electrons. The molecule has 0 aliphatic carbocycles. The Balaban J connectivity index is 2.81. The number of aromatic nitrogens is 1. The van der Waals surface area contributed by atoms with Gasteiger partial charge in [-0.25, -0.2) is 4.79 Å². The molecule has 1 aromatic heterocycles. The van der Waals surface area contributed by atoms with Crippen molar-refractivity contribution in [2.24, 2.45) is 0 Å². The number of fused-ring (bicyclic) bond motifs is 1. The quantitative estimate of drug-likeness (QED) is 0.782. The maximum absolute atomic E-state index is 10.8. The summed E-state index contributed by atoms with van der Waals surface area (Å²) in [7, 11) is 0. The molecule has 0 atom stereocenters. The van der Waals surface area contributed by atoms with Crippen molar-refractivity contribution >= 4 is 28.5 Å². The Hall–Kier alpha value is -1.61. The number of hydrogen-bond acceptors (Lipinski definition) is 2. The van der Waals surface area contributed by atoms with E-state index in [1.165, 1.54) is 6.07 Å². The first-order valence-electron chi connectivity index (χ1n) is 3.96. The van der Waals surface area contributed by atoms with Crippen LogP contribution < -0.4 is 0 Å². The van der Waals surface area contributed by atoms with Crippen molar-refractivity contribution in [3.8, 4) is 0 Å². The molecule has 1 heterocycles. The molecule has 0 amide bonds. The zero-order chi connectivity index (χ0) is 10.1. The van der Waals surface area contributed by atoms with E-state index in [0.717, 1.165) is 5.39 Å². The van der Waals surface area contributed by atoms with Crippen LogP contribution >= 0.6 is 11.6 Å². The SMILES string of the molecule is O=C(O)c1ccc2cccnc2c1Cl. The number of benzene rings is 1. The van der Waals surface area contributed by atoms with Gasteiger partial charge in [-0.15, -0.1) is 0 Å². The minimum absolute atomic E-state index is 0.0814. The van der Waals surface area contributed by atoms with Crippen LogP contribution in [0.2, 0.25) is 5.02 Å². The van der Waals surface area contributed by atoms with Crippen LogP contribution in [0.5, 0.6) is 0 Å². The van der Waals surface area contributed by atoms with Gasteiger partial charge in [-0.05, 0) is 12.1 Å². The number of aromatic carboxylic acids is 1. The average molecular weight is 208 g/mol. The third kappa shape index (κ3) is 1.32. The van der Waals surface area contributed by atoms with E-state index in [2.05, 4.69) is 4.98 Å². The monoisotopic (exact) mass is 207 g/mol. The van der Waals surface area contributed by atoms with Gasteiger partial charge in [0.25, 0.3) is 0 Å². The van der Waals surface area contributed by atoms with E-state index in [0.29, 0.717) is 5.52 Å². The van der Waals surface area contributed by atoms with Crippen LogP contribution in [0, 0.1) is 0 Å². The minimum Gasteiger partial charge on any atom is -0.478 e. The molecule has 4 heteroatoms. The second kappa shape index (κ2) is 3.27. The maximum atomic E-state index is 10.8. The van der Waals surface area contributed by atoms with Crippen LogP contribution in [0.4, 0.5) is 0 Å². The number of halogens is 1. The van der Waals surface area contributed by atoms with Crippen LogP contribution in [0.25, 0.3) is 10.9 Å². The van der Waals surface area contributed by atoms with Crippen LogP contribution in [-0.4, -0.2) is 16.1 Å². The minimum atomic E-state index is -1.04. The largest absolute Gasteiger partial charge is 0.478 e. The molecule has 2 rings (SSSR count). The first-order chi connectivity index (χ1) is 6.70. The summed E-state index contributed by atoms with van der Waals surface area (Å²) in [6.07, 6.45) is 1.58. The smallest absolute Gasteiger partial charge is 0.337 e. The summed E-state index contributed by atoms with van der Waals surface area (Å²) in [5.74, 6) is -1.04. The molecule has 1 N–H and O–H groups in total. The van der Waals surface area contributed by atoms with Gasteiger partial charge in [-0.1, -0.05) is 23.7 Å². The summed E-state index contributed by atoms with van der Waals surface area (Å²) in [5.41, 5.74) is 0.604. The molecule has 3 nitrogen and oxygen atoms in total. The lowest BCUT2D eigenvalue weighted by atomic mass is 10.1. The summed E-state index contributed by atoms with van der Waals surface area (Å²) in [5, 5.41) is 9.84. The van der Waals surface area contributed by atoms with E-state index in [9.17, 15) is 4.79 Å². The van der Waals surface area contributed by atoms with E-state index in [1.54, 1.807) is 18.3 Å². The normalized spacial score (nSPS) is 10.4. The first kappa shape index (κ1) is 8.97. The van der Waals surface area contributed by atoms with Crippen LogP contribution in [0.15, 0.2) is 30.5 Å². The molecule has 0 bridgehead atoms. The predicted molar refractivity (Wildman–Crippen MR) is 53.7 cm³/mol. The molecular formula is C10H6ClNO2. The first-order valence-corrected chi connectivity index (χ1v) is 4.34. The van der Waals surface area contributed by atoms with E-state index in [-0.39, 0.29) is 10.6 Å². The van der Waals surface area contributed by atoms with E-state index >= 15 is 0 Å². The van der Waals surface area contributed by atoms with Crippen molar-refractivity contribution in [2.75, 3.05) is 0 Å². The highest BCUT2D eigenvalue weighted by molar-refractivity contribution is 6.37. The second-order valence-corrected chi connectivity index (χ2v) is 3.19. The topological polar surface area (TPSA) is 50.2 Å². The molecule has 0 unspecified atom stereocenters. The van der Waals surface area contributed by atoms with Gasteiger partial charge in [-0.3, -0.25) is 4.98 Å². The van der Waals surface area contributed by atoms with Crippen molar-refractivity contribution in [1.29, 1.82) is 0 Å². The average Bonchev–Trinajstić information content (AvgIpc) is 2.18. The Bertz CT molecular complexity index is 510. The van der Waals surface area contributed by atoms with E-state index in [4.69, 9.17) is 16.7 Å². The van der Waals surface area contributed by atoms with Crippen LogP contribution in [-0.2, 0) is 0 Å². The van der Waals surface area contributed by atoms with Gasteiger partial charge in [0.05, 0.1) is 16.1 Å². The van der Waals surface area contributed by atoms with E-state index in [1.807, 2.05) is 6.07 Å². The number of carboxylic acid groups (broad SMARTS) is 1.